The number of aryl methyl sites for hydroxylation is 2. The molecule has 0 spiro atoms. The first-order valence-corrected chi connectivity index (χ1v) is 18.5. The smallest absolute Gasteiger partial charge is 0.0715 e. The van der Waals surface area contributed by atoms with E-state index in [2.05, 4.69) is 205 Å². The molecule has 2 aromatic heterocycles. The Balaban J connectivity index is 1.26. The molecule has 0 saturated heterocycles. The predicted molar refractivity (Wildman–Crippen MR) is 222 cm³/mol. The van der Waals surface area contributed by atoms with E-state index in [1.165, 1.54) is 99.5 Å². The zero-order valence-electron chi connectivity index (χ0n) is 29.7. The summed E-state index contributed by atoms with van der Waals surface area (Å²) in [5, 5.41) is 5.08. The number of hydrogen-bond acceptors (Lipinski definition) is 0. The monoisotopic (exact) mass is 676 g/mol. The van der Waals surface area contributed by atoms with E-state index in [9.17, 15) is 0 Å². The highest BCUT2D eigenvalue weighted by atomic mass is 15.0. The first-order chi connectivity index (χ1) is 26.1. The second-order valence-electron chi connectivity index (χ2n) is 14.7. The maximum Gasteiger partial charge on any atom is 0.0715 e. The molecule has 0 saturated carbocycles. The van der Waals surface area contributed by atoms with Crippen LogP contribution in [0.4, 0.5) is 0 Å². The molecule has 8 aromatic carbocycles. The fourth-order valence-corrected chi connectivity index (χ4v) is 9.38. The van der Waals surface area contributed by atoms with Crippen molar-refractivity contribution in [1.29, 1.82) is 0 Å². The quantitative estimate of drug-likeness (QED) is 0.176. The first-order valence-electron chi connectivity index (χ1n) is 18.5. The molecule has 0 atom stereocenters. The van der Waals surface area contributed by atoms with E-state index in [0.717, 1.165) is 0 Å². The number of aromatic nitrogens is 2. The maximum atomic E-state index is 2.48. The first kappa shape index (κ1) is 30.0. The van der Waals surface area contributed by atoms with Crippen LogP contribution in [0.2, 0.25) is 0 Å². The van der Waals surface area contributed by atoms with Gasteiger partial charge in [0.2, 0.25) is 0 Å². The minimum atomic E-state index is -0.560. The van der Waals surface area contributed by atoms with Crippen LogP contribution in [0.3, 0.4) is 0 Å². The largest absolute Gasteiger partial charge is 0.309 e. The second-order valence-corrected chi connectivity index (χ2v) is 14.7. The Morgan fingerprint density at radius 3 is 1.00 bits per heavy atom. The SMILES string of the molecule is Cc1ccc(C2(c3ccc(C)cc3)c3cc(-n4c5ccccc5c5ccccc54)ccc3-c3ccc(-n4c5ccccc5c5ccccc54)cc32)cc1. The van der Waals surface area contributed by atoms with Gasteiger partial charge in [0.1, 0.15) is 0 Å². The summed E-state index contributed by atoms with van der Waals surface area (Å²) in [6.07, 6.45) is 0. The fraction of sp³-hybridized carbons (Fsp3) is 0.0588. The van der Waals surface area contributed by atoms with Crippen molar-refractivity contribution in [2.24, 2.45) is 0 Å². The van der Waals surface area contributed by atoms with Crippen molar-refractivity contribution in [1.82, 2.24) is 9.13 Å². The molecule has 10 aromatic rings. The van der Waals surface area contributed by atoms with Crippen LogP contribution in [0.5, 0.6) is 0 Å². The van der Waals surface area contributed by atoms with Crippen LogP contribution in [0.25, 0.3) is 66.1 Å². The molecular weight excluding hydrogens is 641 g/mol. The Morgan fingerprint density at radius 1 is 0.340 bits per heavy atom. The van der Waals surface area contributed by atoms with Crippen molar-refractivity contribution >= 4 is 43.6 Å². The lowest BCUT2D eigenvalue weighted by molar-refractivity contribution is 0.765. The molecule has 1 aliphatic rings. The van der Waals surface area contributed by atoms with Gasteiger partial charge in [-0.2, -0.15) is 0 Å². The molecule has 0 amide bonds. The molecule has 1 aliphatic carbocycles. The third-order valence-corrected chi connectivity index (χ3v) is 11.8. The van der Waals surface area contributed by atoms with Gasteiger partial charge in [-0.1, -0.05) is 145 Å². The van der Waals surface area contributed by atoms with E-state index < -0.39 is 5.41 Å². The molecule has 250 valence electrons. The third-order valence-electron chi connectivity index (χ3n) is 11.8. The van der Waals surface area contributed by atoms with Crippen LogP contribution < -0.4 is 0 Å². The zero-order chi connectivity index (χ0) is 35.3. The van der Waals surface area contributed by atoms with Crippen molar-refractivity contribution in [3.05, 3.63) is 215 Å². The van der Waals surface area contributed by atoms with Gasteiger partial charge in [-0.05, 0) is 95.8 Å². The average Bonchev–Trinajstić information content (AvgIpc) is 3.82. The van der Waals surface area contributed by atoms with E-state index >= 15 is 0 Å². The minimum absolute atomic E-state index is 0.560. The van der Waals surface area contributed by atoms with Crippen molar-refractivity contribution in [2.45, 2.75) is 19.3 Å². The number of hydrogen-bond donors (Lipinski definition) is 0. The van der Waals surface area contributed by atoms with Crippen LogP contribution in [-0.4, -0.2) is 9.13 Å². The lowest BCUT2D eigenvalue weighted by Gasteiger charge is -2.34. The van der Waals surface area contributed by atoms with Gasteiger partial charge in [0, 0.05) is 32.9 Å². The van der Waals surface area contributed by atoms with Gasteiger partial charge < -0.3 is 9.13 Å². The average molecular weight is 677 g/mol. The van der Waals surface area contributed by atoms with Gasteiger partial charge in [-0.15, -0.1) is 0 Å². The molecule has 0 N–H and O–H groups in total. The summed E-state index contributed by atoms with van der Waals surface area (Å²) >= 11 is 0. The molecule has 11 rings (SSSR count). The summed E-state index contributed by atoms with van der Waals surface area (Å²) in [6.45, 7) is 4.36. The summed E-state index contributed by atoms with van der Waals surface area (Å²) in [7, 11) is 0. The summed E-state index contributed by atoms with van der Waals surface area (Å²) in [5.41, 5.74) is 16.9. The summed E-state index contributed by atoms with van der Waals surface area (Å²) in [5.74, 6) is 0. The fourth-order valence-electron chi connectivity index (χ4n) is 9.38. The van der Waals surface area contributed by atoms with Gasteiger partial charge >= 0.3 is 0 Å². The third kappa shape index (κ3) is 4.15. The molecule has 2 nitrogen and oxygen atoms in total. The molecule has 2 heterocycles. The molecule has 0 fully saturated rings. The molecule has 2 heteroatoms. The standard InChI is InChI=1S/C51H36N2/c1-33-19-23-35(24-20-33)51(36-25-21-34(2)22-26-36)45-31-37(52-47-15-7-3-11-41(47)42-12-4-8-16-48(42)52)27-29-39(45)40-30-28-38(32-46(40)51)53-49-17-9-5-13-43(49)44-14-6-10-18-50(44)53/h3-32H,1-2H3. The van der Waals surface area contributed by atoms with Gasteiger partial charge in [0.15, 0.2) is 0 Å². The van der Waals surface area contributed by atoms with Crippen molar-refractivity contribution in [3.8, 4) is 22.5 Å². The number of nitrogens with zero attached hydrogens (tertiary/aromatic N) is 2. The zero-order valence-corrected chi connectivity index (χ0v) is 29.7. The van der Waals surface area contributed by atoms with Crippen LogP contribution in [0, 0.1) is 13.8 Å². The van der Waals surface area contributed by atoms with Gasteiger partial charge in [-0.25, -0.2) is 0 Å². The van der Waals surface area contributed by atoms with E-state index in [-0.39, 0.29) is 0 Å². The lowest BCUT2D eigenvalue weighted by Crippen LogP contribution is -2.29. The molecular formula is C51H36N2. The molecule has 0 radical (unpaired) electrons. The van der Waals surface area contributed by atoms with Crippen LogP contribution >= 0.6 is 0 Å². The predicted octanol–water partition coefficient (Wildman–Crippen LogP) is 12.9. The summed E-state index contributed by atoms with van der Waals surface area (Å²) in [6, 6.07) is 68.1. The van der Waals surface area contributed by atoms with Crippen molar-refractivity contribution in [3.63, 3.8) is 0 Å². The normalized spacial score (nSPS) is 13.2. The Hall–Kier alpha value is -6.64. The van der Waals surface area contributed by atoms with E-state index in [0.29, 0.717) is 0 Å². The number of benzene rings is 8. The minimum Gasteiger partial charge on any atom is -0.309 e. The van der Waals surface area contributed by atoms with Crippen molar-refractivity contribution < 1.29 is 0 Å². The van der Waals surface area contributed by atoms with Gasteiger partial charge in [0.25, 0.3) is 0 Å². The topological polar surface area (TPSA) is 9.86 Å². The van der Waals surface area contributed by atoms with E-state index in [4.69, 9.17) is 0 Å². The molecule has 0 bridgehead atoms. The second kappa shape index (κ2) is 11.2. The van der Waals surface area contributed by atoms with Crippen molar-refractivity contribution in [2.75, 3.05) is 0 Å². The number of rotatable bonds is 4. The highest BCUT2D eigenvalue weighted by molar-refractivity contribution is 6.10. The molecule has 53 heavy (non-hydrogen) atoms. The van der Waals surface area contributed by atoms with E-state index in [1.807, 2.05) is 0 Å². The Bertz CT molecular complexity index is 2750. The molecule has 0 unspecified atom stereocenters. The number of fused-ring (bicyclic) bond motifs is 9. The molecule has 0 aliphatic heterocycles. The van der Waals surface area contributed by atoms with Crippen LogP contribution in [0.1, 0.15) is 33.4 Å². The Morgan fingerprint density at radius 2 is 0.660 bits per heavy atom. The Kier molecular flexibility index (Phi) is 6.33. The summed E-state index contributed by atoms with van der Waals surface area (Å²) < 4.78 is 4.90. The van der Waals surface area contributed by atoms with Crippen LogP contribution in [-0.2, 0) is 5.41 Å². The number of para-hydroxylation sites is 4. The van der Waals surface area contributed by atoms with E-state index in [1.54, 1.807) is 0 Å². The van der Waals surface area contributed by atoms with Crippen LogP contribution in [0.15, 0.2) is 182 Å². The lowest BCUT2D eigenvalue weighted by atomic mass is 9.67. The highest BCUT2D eigenvalue weighted by Crippen LogP contribution is 2.57. The van der Waals surface area contributed by atoms with Gasteiger partial charge in [0.05, 0.1) is 27.5 Å². The maximum absolute atomic E-state index is 2.48. The highest BCUT2D eigenvalue weighted by Gasteiger charge is 2.46. The van der Waals surface area contributed by atoms with Gasteiger partial charge in [-0.3, -0.25) is 0 Å². The Labute approximate surface area is 308 Å². The summed E-state index contributed by atoms with van der Waals surface area (Å²) in [4.78, 5) is 0.